The summed E-state index contributed by atoms with van der Waals surface area (Å²) >= 11 is 0. The zero-order valence-corrected chi connectivity index (χ0v) is 9.16. The Morgan fingerprint density at radius 2 is 2.21 bits per heavy atom. The fourth-order valence-electron chi connectivity index (χ4n) is 1.08. The van der Waals surface area contributed by atoms with E-state index in [1.807, 2.05) is 20.8 Å². The molecule has 0 fully saturated rings. The molecular weight excluding hydrogens is 178 g/mol. The number of rotatable bonds is 3. The van der Waals surface area contributed by atoms with Crippen molar-refractivity contribution in [3.63, 3.8) is 0 Å². The van der Waals surface area contributed by atoms with Crippen LogP contribution in [0.15, 0.2) is 12.3 Å². The molecule has 0 amide bonds. The highest BCUT2D eigenvalue weighted by atomic mass is 16.1. The summed E-state index contributed by atoms with van der Waals surface area (Å²) in [5.41, 5.74) is 0.607. The van der Waals surface area contributed by atoms with Gasteiger partial charge in [-0.15, -0.1) is 0 Å². The first-order chi connectivity index (χ1) is 6.40. The molecule has 4 heteroatoms. The molecule has 0 unspecified atom stereocenters. The van der Waals surface area contributed by atoms with Crippen LogP contribution in [0.1, 0.15) is 31.3 Å². The molecule has 0 aromatic carbocycles. The number of nitrogens with zero attached hydrogens (tertiary/aromatic N) is 2. The van der Waals surface area contributed by atoms with Gasteiger partial charge in [-0.1, -0.05) is 0 Å². The molecule has 0 radical (unpaired) electrons. The minimum atomic E-state index is -0.0335. The summed E-state index contributed by atoms with van der Waals surface area (Å²) in [6, 6.07) is 1.73. The summed E-state index contributed by atoms with van der Waals surface area (Å²) in [5.74, 6) is 0.0694. The van der Waals surface area contributed by atoms with Crippen molar-refractivity contribution in [2.75, 3.05) is 6.54 Å². The lowest BCUT2D eigenvalue weighted by molar-refractivity contribution is 0.0973. The first-order valence-corrected chi connectivity index (χ1v) is 4.66. The van der Waals surface area contributed by atoms with Crippen molar-refractivity contribution in [3.8, 4) is 0 Å². The molecule has 0 saturated carbocycles. The van der Waals surface area contributed by atoms with E-state index in [4.69, 9.17) is 0 Å². The van der Waals surface area contributed by atoms with Crippen molar-refractivity contribution in [1.29, 1.82) is 0 Å². The maximum Gasteiger partial charge on any atom is 0.194 e. The van der Waals surface area contributed by atoms with Crippen LogP contribution in [0.2, 0.25) is 0 Å². The molecule has 0 aliphatic heterocycles. The van der Waals surface area contributed by atoms with Gasteiger partial charge in [-0.05, 0) is 26.8 Å². The molecule has 14 heavy (non-hydrogen) atoms. The average Bonchev–Trinajstić information content (AvgIpc) is 2.46. The second kappa shape index (κ2) is 3.92. The largest absolute Gasteiger partial charge is 0.305 e. The fourth-order valence-corrected chi connectivity index (χ4v) is 1.08. The fraction of sp³-hybridized carbons (Fsp3) is 0.600. The summed E-state index contributed by atoms with van der Waals surface area (Å²) in [7, 11) is 1.77. The Bertz CT molecular complexity index is 322. The van der Waals surface area contributed by atoms with Crippen molar-refractivity contribution in [2.45, 2.75) is 26.3 Å². The second-order valence-corrected chi connectivity index (χ2v) is 4.37. The zero-order chi connectivity index (χ0) is 10.8. The molecule has 78 valence electrons. The van der Waals surface area contributed by atoms with Crippen LogP contribution >= 0.6 is 0 Å². The minimum Gasteiger partial charge on any atom is -0.305 e. The number of hydrogen-bond acceptors (Lipinski definition) is 3. The monoisotopic (exact) mass is 195 g/mol. The van der Waals surface area contributed by atoms with Crippen molar-refractivity contribution >= 4 is 5.78 Å². The molecule has 0 bridgehead atoms. The minimum absolute atomic E-state index is 0.0335. The summed E-state index contributed by atoms with van der Waals surface area (Å²) < 4.78 is 1.59. The van der Waals surface area contributed by atoms with Crippen LogP contribution in [0, 0.1) is 0 Å². The molecule has 1 aromatic heterocycles. The van der Waals surface area contributed by atoms with Gasteiger partial charge in [-0.25, -0.2) is 0 Å². The summed E-state index contributed by atoms with van der Waals surface area (Å²) in [6.07, 6.45) is 1.63. The molecule has 0 atom stereocenters. The first kappa shape index (κ1) is 10.9. The van der Waals surface area contributed by atoms with E-state index in [9.17, 15) is 4.79 Å². The van der Waals surface area contributed by atoms with Gasteiger partial charge in [0.1, 0.15) is 5.69 Å². The molecule has 1 heterocycles. The van der Waals surface area contributed by atoms with Gasteiger partial charge < -0.3 is 5.32 Å². The van der Waals surface area contributed by atoms with Gasteiger partial charge >= 0.3 is 0 Å². The van der Waals surface area contributed by atoms with Crippen molar-refractivity contribution in [1.82, 2.24) is 15.1 Å². The molecule has 1 aromatic rings. The van der Waals surface area contributed by atoms with Gasteiger partial charge in [-0.3, -0.25) is 9.48 Å². The van der Waals surface area contributed by atoms with Crippen LogP contribution in [-0.4, -0.2) is 27.6 Å². The van der Waals surface area contributed by atoms with E-state index >= 15 is 0 Å². The summed E-state index contributed by atoms with van der Waals surface area (Å²) in [6.45, 7) is 6.44. The highest BCUT2D eigenvalue weighted by Crippen LogP contribution is 2.01. The lowest BCUT2D eigenvalue weighted by Gasteiger charge is -2.19. The Labute approximate surface area is 84.3 Å². The SMILES string of the molecule is Cn1nccc1C(=O)CNC(C)(C)C. The van der Waals surface area contributed by atoms with E-state index in [0.29, 0.717) is 12.2 Å². The Morgan fingerprint density at radius 3 is 2.64 bits per heavy atom. The van der Waals surface area contributed by atoms with E-state index in [1.54, 1.807) is 24.0 Å². The van der Waals surface area contributed by atoms with Crippen LogP contribution in [-0.2, 0) is 7.05 Å². The number of hydrogen-bond donors (Lipinski definition) is 1. The van der Waals surface area contributed by atoms with Crippen molar-refractivity contribution < 1.29 is 4.79 Å². The predicted molar refractivity (Wildman–Crippen MR) is 55.3 cm³/mol. The standard InChI is InChI=1S/C10H17N3O/c1-10(2,3)11-7-9(14)8-5-6-12-13(8)4/h5-6,11H,7H2,1-4H3. The van der Waals surface area contributed by atoms with E-state index in [0.717, 1.165) is 0 Å². The molecule has 0 aliphatic carbocycles. The van der Waals surface area contributed by atoms with E-state index < -0.39 is 0 Å². The lowest BCUT2D eigenvalue weighted by Crippen LogP contribution is -2.39. The van der Waals surface area contributed by atoms with Crippen molar-refractivity contribution in [2.24, 2.45) is 7.05 Å². The topological polar surface area (TPSA) is 46.9 Å². The Kier molecular flexibility index (Phi) is 3.06. The lowest BCUT2D eigenvalue weighted by atomic mass is 10.1. The Morgan fingerprint density at radius 1 is 1.57 bits per heavy atom. The van der Waals surface area contributed by atoms with Crippen LogP contribution in [0.5, 0.6) is 0 Å². The van der Waals surface area contributed by atoms with Gasteiger partial charge in [0, 0.05) is 18.8 Å². The highest BCUT2D eigenvalue weighted by molar-refractivity contribution is 5.96. The maximum atomic E-state index is 11.6. The van der Waals surface area contributed by atoms with Gasteiger partial charge in [0.25, 0.3) is 0 Å². The quantitative estimate of drug-likeness (QED) is 0.732. The molecule has 0 aliphatic rings. The third-order valence-corrected chi connectivity index (χ3v) is 1.89. The van der Waals surface area contributed by atoms with E-state index in [-0.39, 0.29) is 11.3 Å². The number of ketones is 1. The number of carbonyl (C=O) groups is 1. The third-order valence-electron chi connectivity index (χ3n) is 1.89. The molecule has 4 nitrogen and oxygen atoms in total. The second-order valence-electron chi connectivity index (χ2n) is 4.37. The first-order valence-electron chi connectivity index (χ1n) is 4.66. The number of nitrogens with one attached hydrogen (secondary N) is 1. The van der Waals surface area contributed by atoms with E-state index in [1.165, 1.54) is 0 Å². The van der Waals surface area contributed by atoms with Crippen LogP contribution in [0.25, 0.3) is 0 Å². The number of aryl methyl sites for hydroxylation is 1. The molecule has 0 spiro atoms. The predicted octanol–water partition coefficient (Wildman–Crippen LogP) is 0.991. The Balaban J connectivity index is 2.56. The van der Waals surface area contributed by atoms with Gasteiger partial charge in [-0.2, -0.15) is 5.10 Å². The summed E-state index contributed by atoms with van der Waals surface area (Å²) in [5, 5.41) is 7.10. The smallest absolute Gasteiger partial charge is 0.194 e. The number of aromatic nitrogens is 2. The van der Waals surface area contributed by atoms with Crippen LogP contribution < -0.4 is 5.32 Å². The molecule has 0 saturated heterocycles. The number of Topliss-reactive ketones (excluding diaryl/α,β-unsaturated/α-hetero) is 1. The van der Waals surface area contributed by atoms with Crippen molar-refractivity contribution in [3.05, 3.63) is 18.0 Å². The maximum absolute atomic E-state index is 11.6. The van der Waals surface area contributed by atoms with Gasteiger partial charge in [0.05, 0.1) is 6.54 Å². The zero-order valence-electron chi connectivity index (χ0n) is 9.16. The normalized spacial score (nSPS) is 11.7. The Hall–Kier alpha value is -1.16. The number of carbonyl (C=O) groups excluding carboxylic acids is 1. The van der Waals surface area contributed by atoms with Gasteiger partial charge in [0.15, 0.2) is 5.78 Å². The third kappa shape index (κ3) is 2.96. The van der Waals surface area contributed by atoms with Crippen LogP contribution in [0.3, 0.4) is 0 Å². The van der Waals surface area contributed by atoms with E-state index in [2.05, 4.69) is 10.4 Å². The summed E-state index contributed by atoms with van der Waals surface area (Å²) in [4.78, 5) is 11.6. The molecule has 1 rings (SSSR count). The van der Waals surface area contributed by atoms with Gasteiger partial charge in [0.2, 0.25) is 0 Å². The molecular formula is C10H17N3O. The average molecular weight is 195 g/mol. The van der Waals surface area contributed by atoms with Crippen LogP contribution in [0.4, 0.5) is 0 Å². The highest BCUT2D eigenvalue weighted by Gasteiger charge is 2.14. The molecule has 1 N–H and O–H groups in total.